The Morgan fingerprint density at radius 1 is 0.762 bits per heavy atom. The first kappa shape index (κ1) is 14.2. The van der Waals surface area contributed by atoms with Crippen LogP contribution in [0.3, 0.4) is 0 Å². The molecule has 0 aromatic heterocycles. The molecule has 7 nitrogen and oxygen atoms in total. The van der Waals surface area contributed by atoms with Crippen molar-refractivity contribution in [2.24, 2.45) is 0 Å². The van der Waals surface area contributed by atoms with E-state index in [-0.39, 0.29) is 22.6 Å². The number of benzene rings is 2. The third-order valence-electron chi connectivity index (χ3n) is 2.63. The maximum Gasteiger partial charge on any atom is 0.339 e. The molecule has 2 rings (SSSR count). The van der Waals surface area contributed by atoms with Gasteiger partial charge >= 0.3 is 11.9 Å². The number of aromatic carboxylic acids is 2. The summed E-state index contributed by atoms with van der Waals surface area (Å²) in [5, 5.41) is 36.5. The summed E-state index contributed by atoms with van der Waals surface area (Å²) in [5.74, 6) is -3.26. The van der Waals surface area contributed by atoms with Crippen molar-refractivity contribution in [3.05, 3.63) is 47.5 Å². The van der Waals surface area contributed by atoms with Gasteiger partial charge in [0.15, 0.2) is 0 Å². The third-order valence-corrected chi connectivity index (χ3v) is 2.63. The zero-order valence-corrected chi connectivity index (χ0v) is 10.5. The van der Waals surface area contributed by atoms with Crippen molar-refractivity contribution in [3.63, 3.8) is 0 Å². The van der Waals surface area contributed by atoms with Crippen LogP contribution in [0.1, 0.15) is 20.7 Å². The lowest BCUT2D eigenvalue weighted by Crippen LogP contribution is -1.99. The van der Waals surface area contributed by atoms with Gasteiger partial charge in [0.2, 0.25) is 0 Å². The topological polar surface area (TPSA) is 124 Å². The van der Waals surface area contributed by atoms with Gasteiger partial charge in [-0.25, -0.2) is 9.59 Å². The SMILES string of the molecule is O=C(O)c1cc(Oc2ccc(O)c(C(=O)O)c2)ccc1O. The predicted octanol–water partition coefficient (Wildman–Crippen LogP) is 2.29. The second-order valence-electron chi connectivity index (χ2n) is 4.07. The zero-order valence-electron chi connectivity index (χ0n) is 10.5. The van der Waals surface area contributed by atoms with Crippen molar-refractivity contribution >= 4 is 11.9 Å². The van der Waals surface area contributed by atoms with E-state index in [0.717, 1.165) is 24.3 Å². The van der Waals surface area contributed by atoms with Crippen molar-refractivity contribution in [2.45, 2.75) is 0 Å². The number of hydrogen-bond donors (Lipinski definition) is 4. The lowest BCUT2D eigenvalue weighted by Gasteiger charge is -2.09. The first-order chi connectivity index (χ1) is 9.88. The molecule has 2 aromatic rings. The molecule has 0 aliphatic heterocycles. The summed E-state index contributed by atoms with van der Waals surface area (Å²) in [6.45, 7) is 0. The molecule has 108 valence electrons. The number of phenols is 2. The van der Waals surface area contributed by atoms with Crippen LogP contribution in [0.15, 0.2) is 36.4 Å². The van der Waals surface area contributed by atoms with Crippen LogP contribution in [-0.4, -0.2) is 32.4 Å². The van der Waals surface area contributed by atoms with Crippen LogP contribution in [-0.2, 0) is 0 Å². The number of hydrogen-bond acceptors (Lipinski definition) is 5. The van der Waals surface area contributed by atoms with E-state index < -0.39 is 23.4 Å². The molecule has 0 amide bonds. The lowest BCUT2D eigenvalue weighted by atomic mass is 10.2. The van der Waals surface area contributed by atoms with Gasteiger partial charge in [0.1, 0.15) is 34.1 Å². The lowest BCUT2D eigenvalue weighted by molar-refractivity contribution is 0.0682. The Morgan fingerprint density at radius 3 is 1.48 bits per heavy atom. The minimum atomic E-state index is -1.32. The van der Waals surface area contributed by atoms with E-state index in [0.29, 0.717) is 0 Å². The number of aromatic hydroxyl groups is 2. The highest BCUT2D eigenvalue weighted by atomic mass is 16.5. The Labute approximate surface area is 118 Å². The number of carboxylic acid groups (broad SMARTS) is 2. The van der Waals surface area contributed by atoms with E-state index in [4.69, 9.17) is 14.9 Å². The normalized spacial score (nSPS) is 10.1. The van der Waals surface area contributed by atoms with Crippen molar-refractivity contribution in [1.82, 2.24) is 0 Å². The fourth-order valence-corrected chi connectivity index (χ4v) is 1.64. The second kappa shape index (κ2) is 5.41. The fourth-order valence-electron chi connectivity index (χ4n) is 1.64. The van der Waals surface area contributed by atoms with Gasteiger partial charge in [-0.1, -0.05) is 0 Å². The van der Waals surface area contributed by atoms with Gasteiger partial charge in [0, 0.05) is 0 Å². The Morgan fingerprint density at radius 2 is 1.14 bits per heavy atom. The average molecular weight is 290 g/mol. The summed E-state index contributed by atoms with van der Waals surface area (Å²) >= 11 is 0. The van der Waals surface area contributed by atoms with Crippen LogP contribution >= 0.6 is 0 Å². The third kappa shape index (κ3) is 3.03. The molecule has 21 heavy (non-hydrogen) atoms. The van der Waals surface area contributed by atoms with Crippen LogP contribution in [0.2, 0.25) is 0 Å². The molecule has 0 unspecified atom stereocenters. The Hall–Kier alpha value is -3.22. The highest BCUT2D eigenvalue weighted by Crippen LogP contribution is 2.29. The average Bonchev–Trinajstić information content (AvgIpc) is 2.42. The number of rotatable bonds is 4. The summed E-state index contributed by atoms with van der Waals surface area (Å²) in [7, 11) is 0. The molecule has 7 heteroatoms. The highest BCUT2D eigenvalue weighted by molar-refractivity contribution is 5.92. The standard InChI is InChI=1S/C14H10O7/c15-11-3-1-7(5-9(11)13(17)18)21-8-2-4-12(16)10(6-8)14(19)20/h1-6,15-16H,(H,17,18)(H,19,20). The van der Waals surface area contributed by atoms with Gasteiger partial charge in [-0.2, -0.15) is 0 Å². The molecule has 4 N–H and O–H groups in total. The molecule has 2 aromatic carbocycles. The summed E-state index contributed by atoms with van der Waals surface area (Å²) in [4.78, 5) is 21.8. The second-order valence-corrected chi connectivity index (χ2v) is 4.07. The monoisotopic (exact) mass is 290 g/mol. The van der Waals surface area contributed by atoms with E-state index in [1.54, 1.807) is 0 Å². The maximum atomic E-state index is 10.9. The van der Waals surface area contributed by atoms with Crippen LogP contribution in [0.25, 0.3) is 0 Å². The van der Waals surface area contributed by atoms with Crippen LogP contribution in [0.4, 0.5) is 0 Å². The van der Waals surface area contributed by atoms with Gasteiger partial charge < -0.3 is 25.2 Å². The number of carbonyl (C=O) groups is 2. The molecular weight excluding hydrogens is 280 g/mol. The van der Waals surface area contributed by atoms with Gasteiger partial charge in [-0.3, -0.25) is 0 Å². The predicted molar refractivity (Wildman–Crippen MR) is 70.2 cm³/mol. The summed E-state index contributed by atoms with van der Waals surface area (Å²) < 4.78 is 5.32. The summed E-state index contributed by atoms with van der Waals surface area (Å²) in [5.41, 5.74) is -0.686. The molecule has 0 aliphatic rings. The van der Waals surface area contributed by atoms with Crippen molar-refractivity contribution < 1.29 is 34.8 Å². The Bertz CT molecular complexity index is 660. The molecule has 0 aliphatic carbocycles. The zero-order chi connectivity index (χ0) is 15.6. The minimum Gasteiger partial charge on any atom is -0.507 e. The van der Waals surface area contributed by atoms with E-state index in [1.165, 1.54) is 12.1 Å². The first-order valence-electron chi connectivity index (χ1n) is 5.69. The quantitative estimate of drug-likeness (QED) is 0.680. The molecule has 0 atom stereocenters. The molecule has 0 saturated carbocycles. The van der Waals surface area contributed by atoms with Gasteiger partial charge in [-0.15, -0.1) is 0 Å². The van der Waals surface area contributed by atoms with Crippen molar-refractivity contribution in [3.8, 4) is 23.0 Å². The number of ether oxygens (including phenoxy) is 1. The highest BCUT2D eigenvalue weighted by Gasteiger charge is 2.13. The van der Waals surface area contributed by atoms with Crippen LogP contribution in [0, 0.1) is 0 Å². The van der Waals surface area contributed by atoms with Gasteiger partial charge in [0.05, 0.1) is 0 Å². The molecule has 0 heterocycles. The largest absolute Gasteiger partial charge is 0.507 e. The van der Waals surface area contributed by atoms with Gasteiger partial charge in [-0.05, 0) is 36.4 Å². The fraction of sp³-hybridized carbons (Fsp3) is 0. The molecule has 0 fully saturated rings. The molecule has 0 saturated heterocycles. The van der Waals surface area contributed by atoms with E-state index in [1.807, 2.05) is 0 Å². The van der Waals surface area contributed by atoms with E-state index >= 15 is 0 Å². The van der Waals surface area contributed by atoms with Crippen molar-refractivity contribution in [1.29, 1.82) is 0 Å². The molecule has 0 bridgehead atoms. The minimum absolute atomic E-state index is 0.104. The summed E-state index contributed by atoms with van der Waals surface area (Å²) in [6, 6.07) is 7.16. The Balaban J connectivity index is 2.34. The molecular formula is C14H10O7. The van der Waals surface area contributed by atoms with Crippen LogP contribution in [0.5, 0.6) is 23.0 Å². The molecule has 0 spiro atoms. The summed E-state index contributed by atoms with van der Waals surface area (Å²) in [6.07, 6.45) is 0. The van der Waals surface area contributed by atoms with E-state index in [2.05, 4.69) is 0 Å². The molecule has 0 radical (unpaired) electrons. The smallest absolute Gasteiger partial charge is 0.339 e. The van der Waals surface area contributed by atoms with Crippen LogP contribution < -0.4 is 4.74 Å². The Kier molecular flexibility index (Phi) is 3.66. The first-order valence-corrected chi connectivity index (χ1v) is 5.69. The number of carboxylic acids is 2. The maximum absolute atomic E-state index is 10.9. The van der Waals surface area contributed by atoms with E-state index in [9.17, 15) is 19.8 Å². The van der Waals surface area contributed by atoms with Crippen molar-refractivity contribution in [2.75, 3.05) is 0 Å². The van der Waals surface area contributed by atoms with Gasteiger partial charge in [0.25, 0.3) is 0 Å².